The predicted octanol–water partition coefficient (Wildman–Crippen LogP) is 0.318. The summed E-state index contributed by atoms with van der Waals surface area (Å²) in [6.45, 7) is 1.61. The van der Waals surface area contributed by atoms with Gasteiger partial charge >= 0.3 is 5.97 Å². The van der Waals surface area contributed by atoms with Gasteiger partial charge < -0.3 is 14.6 Å². The zero-order valence-electron chi connectivity index (χ0n) is 9.12. The summed E-state index contributed by atoms with van der Waals surface area (Å²) in [4.78, 5) is 23.3. The van der Waals surface area contributed by atoms with E-state index < -0.39 is 11.6 Å². The first-order chi connectivity index (χ1) is 7.59. The minimum Gasteiger partial charge on any atom is -0.493 e. The predicted molar refractivity (Wildman–Crippen MR) is 53.4 cm³/mol. The third-order valence-corrected chi connectivity index (χ3v) is 2.85. The van der Waals surface area contributed by atoms with E-state index in [0.29, 0.717) is 25.0 Å². The number of Topliss-reactive ketones (excluding diaryl/α,β-unsaturated/α-hetero) is 1. The minimum absolute atomic E-state index is 0.109. The van der Waals surface area contributed by atoms with Gasteiger partial charge in [-0.15, -0.1) is 0 Å². The number of rotatable bonds is 2. The van der Waals surface area contributed by atoms with Crippen LogP contribution in [-0.4, -0.2) is 35.7 Å². The molecule has 0 aromatic heterocycles. The first-order valence-corrected chi connectivity index (χ1v) is 5.39. The monoisotopic (exact) mass is 226 g/mol. The van der Waals surface area contributed by atoms with Crippen LogP contribution in [0.3, 0.4) is 0 Å². The van der Waals surface area contributed by atoms with E-state index in [1.165, 1.54) is 0 Å². The molecular weight excluding hydrogens is 212 g/mol. The molecule has 2 aliphatic rings. The van der Waals surface area contributed by atoms with E-state index in [9.17, 15) is 14.7 Å². The van der Waals surface area contributed by atoms with Crippen LogP contribution in [0.5, 0.6) is 0 Å². The average Bonchev–Trinajstić information content (AvgIpc) is 2.60. The molecule has 0 amide bonds. The number of hydrogen-bond donors (Lipinski definition) is 1. The molecule has 0 aromatic rings. The summed E-state index contributed by atoms with van der Waals surface area (Å²) in [5.41, 5.74) is -1.78. The Morgan fingerprint density at radius 1 is 1.56 bits per heavy atom. The molecule has 0 spiro atoms. The van der Waals surface area contributed by atoms with Gasteiger partial charge in [-0.3, -0.25) is 4.79 Å². The maximum absolute atomic E-state index is 11.7. The van der Waals surface area contributed by atoms with Crippen LogP contribution < -0.4 is 0 Å². The molecule has 88 valence electrons. The highest BCUT2D eigenvalue weighted by Crippen LogP contribution is 2.37. The van der Waals surface area contributed by atoms with Crippen LogP contribution in [0.4, 0.5) is 0 Å². The fraction of sp³-hybridized carbons (Fsp3) is 0.636. The van der Waals surface area contributed by atoms with Gasteiger partial charge in [-0.2, -0.15) is 0 Å². The minimum atomic E-state index is -1.89. The number of carbonyl (C=O) groups excluding carboxylic acids is 2. The second-order valence-corrected chi connectivity index (χ2v) is 3.94. The van der Waals surface area contributed by atoms with Crippen LogP contribution >= 0.6 is 0 Å². The summed E-state index contributed by atoms with van der Waals surface area (Å²) in [5, 5.41) is 10.2. The van der Waals surface area contributed by atoms with Gasteiger partial charge in [0, 0.05) is 12.8 Å². The standard InChI is InChI=1S/C11H14O5/c1-2-15-10(13)11(14)6-16-8-5-3-4-7(12)9(8)11/h14H,2-6H2,1H3. The summed E-state index contributed by atoms with van der Waals surface area (Å²) in [7, 11) is 0. The van der Waals surface area contributed by atoms with E-state index in [4.69, 9.17) is 9.47 Å². The van der Waals surface area contributed by atoms with Crippen molar-refractivity contribution in [2.45, 2.75) is 31.8 Å². The van der Waals surface area contributed by atoms with Crippen molar-refractivity contribution in [3.8, 4) is 0 Å². The lowest BCUT2D eigenvalue weighted by molar-refractivity contribution is -0.163. The van der Waals surface area contributed by atoms with Crippen molar-refractivity contribution >= 4 is 11.8 Å². The Bertz CT molecular complexity index is 371. The van der Waals surface area contributed by atoms with Gasteiger partial charge in [0.1, 0.15) is 12.4 Å². The topological polar surface area (TPSA) is 72.8 Å². The first-order valence-electron chi connectivity index (χ1n) is 5.39. The molecule has 2 rings (SSSR count). The highest BCUT2D eigenvalue weighted by molar-refractivity contribution is 6.05. The van der Waals surface area contributed by atoms with Crippen molar-refractivity contribution in [1.29, 1.82) is 0 Å². The zero-order chi connectivity index (χ0) is 11.8. The quantitative estimate of drug-likeness (QED) is 0.686. The smallest absolute Gasteiger partial charge is 0.346 e. The van der Waals surface area contributed by atoms with E-state index in [0.717, 1.165) is 0 Å². The van der Waals surface area contributed by atoms with Gasteiger partial charge in [0.15, 0.2) is 5.78 Å². The number of carbonyl (C=O) groups is 2. The Balaban J connectivity index is 2.33. The van der Waals surface area contributed by atoms with Crippen molar-refractivity contribution in [1.82, 2.24) is 0 Å². The molecule has 1 aliphatic heterocycles. The Morgan fingerprint density at radius 3 is 3.00 bits per heavy atom. The molecule has 0 saturated heterocycles. The number of aliphatic hydroxyl groups is 1. The number of esters is 1. The number of hydrogen-bond acceptors (Lipinski definition) is 5. The van der Waals surface area contributed by atoms with E-state index in [-0.39, 0.29) is 24.6 Å². The Labute approximate surface area is 93.0 Å². The van der Waals surface area contributed by atoms with Crippen LogP contribution in [0, 0.1) is 0 Å². The summed E-state index contributed by atoms with van der Waals surface area (Å²) in [6, 6.07) is 0. The van der Waals surface area contributed by atoms with Crippen molar-refractivity contribution < 1.29 is 24.2 Å². The van der Waals surface area contributed by atoms with Crippen molar-refractivity contribution in [3.63, 3.8) is 0 Å². The van der Waals surface area contributed by atoms with E-state index >= 15 is 0 Å². The molecule has 1 aliphatic carbocycles. The molecule has 0 aromatic carbocycles. The van der Waals surface area contributed by atoms with E-state index in [1.807, 2.05) is 0 Å². The van der Waals surface area contributed by atoms with Crippen LogP contribution in [-0.2, 0) is 19.1 Å². The van der Waals surface area contributed by atoms with E-state index in [1.54, 1.807) is 6.92 Å². The largest absolute Gasteiger partial charge is 0.493 e. The normalized spacial score (nSPS) is 28.8. The Morgan fingerprint density at radius 2 is 2.31 bits per heavy atom. The van der Waals surface area contributed by atoms with Crippen LogP contribution in [0.15, 0.2) is 11.3 Å². The van der Waals surface area contributed by atoms with E-state index in [2.05, 4.69) is 0 Å². The zero-order valence-corrected chi connectivity index (χ0v) is 9.12. The SMILES string of the molecule is CCOC(=O)C1(O)COC2=C1C(=O)CCC2. The molecule has 0 bridgehead atoms. The van der Waals surface area contributed by atoms with Gasteiger partial charge in [-0.25, -0.2) is 4.79 Å². The lowest BCUT2D eigenvalue weighted by Gasteiger charge is -2.22. The van der Waals surface area contributed by atoms with Gasteiger partial charge in [0.2, 0.25) is 5.60 Å². The summed E-state index contributed by atoms with van der Waals surface area (Å²) >= 11 is 0. The highest BCUT2D eigenvalue weighted by atomic mass is 16.6. The molecule has 5 heteroatoms. The third-order valence-electron chi connectivity index (χ3n) is 2.85. The number of ether oxygens (including phenoxy) is 2. The Hall–Kier alpha value is -1.36. The van der Waals surface area contributed by atoms with Crippen LogP contribution in [0.1, 0.15) is 26.2 Å². The molecular formula is C11H14O5. The molecule has 16 heavy (non-hydrogen) atoms. The van der Waals surface area contributed by atoms with Crippen molar-refractivity contribution in [2.75, 3.05) is 13.2 Å². The lowest BCUT2D eigenvalue weighted by Crippen LogP contribution is -2.45. The molecule has 1 atom stereocenters. The van der Waals surface area contributed by atoms with Crippen LogP contribution in [0.25, 0.3) is 0 Å². The molecule has 0 saturated carbocycles. The van der Waals surface area contributed by atoms with Gasteiger partial charge in [0.25, 0.3) is 0 Å². The lowest BCUT2D eigenvalue weighted by atomic mass is 9.86. The number of allylic oxidation sites excluding steroid dienone is 1. The molecule has 1 unspecified atom stereocenters. The third kappa shape index (κ3) is 1.51. The molecule has 0 radical (unpaired) electrons. The molecule has 1 N–H and O–H groups in total. The van der Waals surface area contributed by atoms with Crippen molar-refractivity contribution in [2.24, 2.45) is 0 Å². The number of ketones is 1. The first kappa shape index (κ1) is 11.1. The fourth-order valence-electron chi connectivity index (χ4n) is 2.10. The second-order valence-electron chi connectivity index (χ2n) is 3.94. The Kier molecular flexibility index (Phi) is 2.71. The maximum atomic E-state index is 11.7. The molecule has 0 fully saturated rings. The summed E-state index contributed by atoms with van der Waals surface area (Å²) < 4.78 is 9.99. The highest BCUT2D eigenvalue weighted by Gasteiger charge is 2.52. The molecule has 1 heterocycles. The van der Waals surface area contributed by atoms with Gasteiger partial charge in [-0.05, 0) is 13.3 Å². The summed E-state index contributed by atoms with van der Waals surface area (Å²) in [6.07, 6.45) is 1.66. The van der Waals surface area contributed by atoms with Crippen molar-refractivity contribution in [3.05, 3.63) is 11.3 Å². The molecule has 5 nitrogen and oxygen atoms in total. The second kappa shape index (κ2) is 3.90. The van der Waals surface area contributed by atoms with Gasteiger partial charge in [-0.1, -0.05) is 0 Å². The fourth-order valence-corrected chi connectivity index (χ4v) is 2.10. The summed E-state index contributed by atoms with van der Waals surface area (Å²) in [5.74, 6) is -0.559. The maximum Gasteiger partial charge on any atom is 0.346 e. The van der Waals surface area contributed by atoms with Crippen LogP contribution in [0.2, 0.25) is 0 Å². The average molecular weight is 226 g/mol. The van der Waals surface area contributed by atoms with Gasteiger partial charge in [0.05, 0.1) is 12.2 Å².